The summed E-state index contributed by atoms with van der Waals surface area (Å²) in [6, 6.07) is -0.611. The molecular formula is C11H21NO4S2. The number of carbonyl (C=O) groups is 2. The third-order valence-electron chi connectivity index (χ3n) is 1.93. The maximum Gasteiger partial charge on any atom is 0.323 e. The van der Waals surface area contributed by atoms with E-state index in [4.69, 9.17) is 15.2 Å². The fraction of sp³-hybridized carbons (Fsp3) is 0.818. The highest BCUT2D eigenvalue weighted by atomic mass is 33.1. The molecule has 18 heavy (non-hydrogen) atoms. The average molecular weight is 295 g/mol. The van der Waals surface area contributed by atoms with E-state index >= 15 is 0 Å². The number of hydrogen-bond acceptors (Lipinski definition) is 7. The van der Waals surface area contributed by atoms with Gasteiger partial charge in [0.05, 0.1) is 19.1 Å². The van der Waals surface area contributed by atoms with Gasteiger partial charge in [-0.05, 0) is 13.8 Å². The molecule has 0 unspecified atom stereocenters. The lowest BCUT2D eigenvalue weighted by Crippen LogP contribution is -2.34. The molecular weight excluding hydrogens is 274 g/mol. The molecule has 0 aliphatic carbocycles. The molecule has 0 saturated carbocycles. The average Bonchev–Trinajstić information content (AvgIpc) is 2.34. The van der Waals surface area contributed by atoms with Gasteiger partial charge in [0.1, 0.15) is 6.04 Å². The van der Waals surface area contributed by atoms with Crippen LogP contribution in [0.15, 0.2) is 0 Å². The van der Waals surface area contributed by atoms with Crippen molar-refractivity contribution in [3.05, 3.63) is 0 Å². The second-order valence-corrected chi connectivity index (χ2v) is 6.13. The Labute approximate surface area is 116 Å². The quantitative estimate of drug-likeness (QED) is 0.392. The van der Waals surface area contributed by atoms with E-state index in [1.165, 1.54) is 21.6 Å². The first-order valence-electron chi connectivity index (χ1n) is 5.86. The minimum atomic E-state index is -0.611. The highest BCUT2D eigenvalue weighted by Crippen LogP contribution is 2.24. The molecule has 0 aromatic carbocycles. The molecule has 7 heteroatoms. The van der Waals surface area contributed by atoms with E-state index in [0.717, 1.165) is 0 Å². The Morgan fingerprint density at radius 1 is 1.06 bits per heavy atom. The maximum absolute atomic E-state index is 11.3. The van der Waals surface area contributed by atoms with Crippen molar-refractivity contribution in [2.24, 2.45) is 11.7 Å². The summed E-state index contributed by atoms with van der Waals surface area (Å²) in [5.74, 6) is 0.378. The molecule has 0 bridgehead atoms. The Balaban J connectivity index is 3.66. The molecule has 0 rings (SSSR count). The third-order valence-corrected chi connectivity index (χ3v) is 4.54. The van der Waals surface area contributed by atoms with Crippen molar-refractivity contribution in [2.45, 2.75) is 26.8 Å². The zero-order valence-corrected chi connectivity index (χ0v) is 12.6. The van der Waals surface area contributed by atoms with E-state index in [0.29, 0.717) is 24.7 Å². The summed E-state index contributed by atoms with van der Waals surface area (Å²) < 4.78 is 9.68. The van der Waals surface area contributed by atoms with Crippen LogP contribution in [0.2, 0.25) is 0 Å². The van der Waals surface area contributed by atoms with Crippen molar-refractivity contribution in [1.82, 2.24) is 0 Å². The van der Waals surface area contributed by atoms with Crippen LogP contribution in [0.3, 0.4) is 0 Å². The summed E-state index contributed by atoms with van der Waals surface area (Å²) in [5.41, 5.74) is 5.63. The van der Waals surface area contributed by atoms with Gasteiger partial charge in [0.15, 0.2) is 0 Å². The minimum absolute atomic E-state index is 0.152. The van der Waals surface area contributed by atoms with Crippen molar-refractivity contribution in [3.8, 4) is 0 Å². The summed E-state index contributed by atoms with van der Waals surface area (Å²) in [5, 5.41) is 0. The summed E-state index contributed by atoms with van der Waals surface area (Å²) in [7, 11) is 2.97. The lowest BCUT2D eigenvalue weighted by atomic mass is 10.2. The fourth-order valence-electron chi connectivity index (χ4n) is 0.941. The Bertz CT molecular complexity index is 237. The van der Waals surface area contributed by atoms with Crippen LogP contribution in [0.5, 0.6) is 0 Å². The Morgan fingerprint density at radius 2 is 1.56 bits per heavy atom. The van der Waals surface area contributed by atoms with Crippen LogP contribution in [0.1, 0.15) is 20.8 Å². The van der Waals surface area contributed by atoms with Gasteiger partial charge in [-0.25, -0.2) is 0 Å². The SMILES string of the molecule is CCOC(=O)[C@@H](C)CSSC[C@H](N)C(=O)OCC. The molecule has 0 aliphatic heterocycles. The molecule has 0 aromatic rings. The number of ether oxygens (including phenoxy) is 2. The highest BCUT2D eigenvalue weighted by Gasteiger charge is 2.17. The third kappa shape index (κ3) is 7.84. The van der Waals surface area contributed by atoms with E-state index in [2.05, 4.69) is 0 Å². The Morgan fingerprint density at radius 3 is 2.11 bits per heavy atom. The van der Waals surface area contributed by atoms with Crippen LogP contribution in [0.25, 0.3) is 0 Å². The zero-order valence-electron chi connectivity index (χ0n) is 11.0. The summed E-state index contributed by atoms with van der Waals surface area (Å²) in [6.45, 7) is 6.08. The van der Waals surface area contributed by atoms with Crippen molar-refractivity contribution < 1.29 is 19.1 Å². The van der Waals surface area contributed by atoms with Crippen LogP contribution in [0, 0.1) is 5.92 Å². The Kier molecular flexibility index (Phi) is 10.3. The zero-order chi connectivity index (χ0) is 14.0. The molecule has 0 fully saturated rings. The molecule has 5 nitrogen and oxygen atoms in total. The molecule has 2 atom stereocenters. The first-order chi connectivity index (χ1) is 8.52. The van der Waals surface area contributed by atoms with Gasteiger partial charge in [-0.1, -0.05) is 28.5 Å². The predicted molar refractivity (Wildman–Crippen MR) is 75.3 cm³/mol. The Hall–Kier alpha value is -0.400. The normalized spacial score (nSPS) is 13.8. The number of hydrogen-bond donors (Lipinski definition) is 1. The second-order valence-electron chi connectivity index (χ2n) is 3.58. The van der Waals surface area contributed by atoms with E-state index in [9.17, 15) is 9.59 Å². The van der Waals surface area contributed by atoms with Gasteiger partial charge in [0.25, 0.3) is 0 Å². The minimum Gasteiger partial charge on any atom is -0.466 e. The first-order valence-corrected chi connectivity index (χ1v) is 8.34. The monoisotopic (exact) mass is 295 g/mol. The largest absolute Gasteiger partial charge is 0.466 e. The number of rotatable bonds is 9. The second kappa shape index (κ2) is 10.5. The summed E-state index contributed by atoms with van der Waals surface area (Å²) in [6.07, 6.45) is 0. The van der Waals surface area contributed by atoms with Crippen LogP contribution < -0.4 is 5.73 Å². The lowest BCUT2D eigenvalue weighted by molar-refractivity contribution is -0.146. The fourth-order valence-corrected chi connectivity index (χ4v) is 3.39. The van der Waals surface area contributed by atoms with Crippen molar-refractivity contribution >= 4 is 33.5 Å². The van der Waals surface area contributed by atoms with Crippen molar-refractivity contribution in [3.63, 3.8) is 0 Å². The number of carbonyl (C=O) groups excluding carboxylic acids is 2. The topological polar surface area (TPSA) is 78.6 Å². The molecule has 0 radical (unpaired) electrons. The molecule has 106 valence electrons. The maximum atomic E-state index is 11.3. The molecule has 2 N–H and O–H groups in total. The van der Waals surface area contributed by atoms with E-state index < -0.39 is 6.04 Å². The smallest absolute Gasteiger partial charge is 0.323 e. The van der Waals surface area contributed by atoms with Gasteiger partial charge in [0, 0.05) is 11.5 Å². The van der Waals surface area contributed by atoms with Crippen LogP contribution in [0.4, 0.5) is 0 Å². The van der Waals surface area contributed by atoms with Gasteiger partial charge in [0.2, 0.25) is 0 Å². The van der Waals surface area contributed by atoms with E-state index in [-0.39, 0.29) is 17.9 Å². The molecule has 0 aromatic heterocycles. The molecule has 0 spiro atoms. The number of esters is 2. The lowest BCUT2D eigenvalue weighted by Gasteiger charge is -2.11. The molecule has 0 heterocycles. The highest BCUT2D eigenvalue weighted by molar-refractivity contribution is 8.76. The van der Waals surface area contributed by atoms with Crippen LogP contribution >= 0.6 is 21.6 Å². The first kappa shape index (κ1) is 17.6. The van der Waals surface area contributed by atoms with Gasteiger partial charge in [-0.15, -0.1) is 0 Å². The summed E-state index contributed by atoms with van der Waals surface area (Å²) >= 11 is 0. The van der Waals surface area contributed by atoms with Gasteiger partial charge >= 0.3 is 11.9 Å². The summed E-state index contributed by atoms with van der Waals surface area (Å²) in [4.78, 5) is 22.5. The van der Waals surface area contributed by atoms with Crippen molar-refractivity contribution in [1.29, 1.82) is 0 Å². The van der Waals surface area contributed by atoms with E-state index in [1.807, 2.05) is 6.92 Å². The van der Waals surface area contributed by atoms with Gasteiger partial charge in [-0.2, -0.15) is 0 Å². The number of nitrogens with two attached hydrogens (primary N) is 1. The van der Waals surface area contributed by atoms with Gasteiger partial charge < -0.3 is 15.2 Å². The van der Waals surface area contributed by atoms with Crippen LogP contribution in [-0.4, -0.2) is 42.7 Å². The predicted octanol–water partition coefficient (Wildman–Crippen LogP) is 1.46. The molecule has 0 aliphatic rings. The van der Waals surface area contributed by atoms with Gasteiger partial charge in [-0.3, -0.25) is 9.59 Å². The standard InChI is InChI=1S/C11H21NO4S2/c1-4-15-10(13)8(3)6-17-18-7-9(12)11(14)16-5-2/h8-9H,4-7,12H2,1-3H3/t8-,9-/m0/s1. The van der Waals surface area contributed by atoms with Crippen LogP contribution in [-0.2, 0) is 19.1 Å². The molecule has 0 amide bonds. The molecule has 0 saturated heterocycles. The van der Waals surface area contributed by atoms with E-state index in [1.54, 1.807) is 13.8 Å². The van der Waals surface area contributed by atoms with Crippen molar-refractivity contribution in [2.75, 3.05) is 24.7 Å².